The van der Waals surface area contributed by atoms with Crippen LogP contribution in [-0.2, 0) is 4.74 Å². The van der Waals surface area contributed by atoms with Crippen molar-refractivity contribution < 1.29 is 14.3 Å². The number of methoxy groups -OCH3 is 1. The summed E-state index contributed by atoms with van der Waals surface area (Å²) < 4.78 is 13.1. The van der Waals surface area contributed by atoms with Gasteiger partial charge < -0.3 is 9.47 Å². The lowest BCUT2D eigenvalue weighted by molar-refractivity contribution is -0.103. The molecule has 35 heavy (non-hydrogen) atoms. The number of hydrogen-bond acceptors (Lipinski definition) is 6. The number of aromatic nitrogens is 1. The number of fused-ring (bicyclic) bond motifs is 8. The standard InChI is InChI=1S/C27H26ClN3O4/c1-34-25(33)18-12-30-22(10-23(18)32)16-8-20(28)24(35-13-15-11-26(14-29)4-2-19(15)26)9-17(16)21-3-5-27(6-7-27)31(21)30/h8-10,12,15,19,21H,2-7,11,13H2,1H3/t15?,19?,21-,26?/m1/s1. The number of esters is 1. The fourth-order valence-corrected chi connectivity index (χ4v) is 7.43. The predicted octanol–water partition coefficient (Wildman–Crippen LogP) is 4.59. The largest absolute Gasteiger partial charge is 0.492 e. The fourth-order valence-electron chi connectivity index (χ4n) is 7.21. The normalized spacial score (nSPS) is 30.1. The molecule has 4 atom stereocenters. The minimum absolute atomic E-state index is 0.0390. The van der Waals surface area contributed by atoms with Gasteiger partial charge in [-0.3, -0.25) is 14.5 Å². The fraction of sp³-hybridized carbons (Fsp3) is 0.519. The van der Waals surface area contributed by atoms with Gasteiger partial charge in [0.2, 0.25) is 0 Å². The highest BCUT2D eigenvalue weighted by molar-refractivity contribution is 6.32. The Kier molecular flexibility index (Phi) is 4.29. The molecule has 2 aromatic rings. The molecule has 0 bridgehead atoms. The van der Waals surface area contributed by atoms with Crippen LogP contribution in [0.5, 0.6) is 5.75 Å². The van der Waals surface area contributed by atoms with Crippen LogP contribution in [0.2, 0.25) is 5.02 Å². The molecular weight excluding hydrogens is 466 g/mol. The average molecular weight is 492 g/mol. The Morgan fingerprint density at radius 3 is 2.71 bits per heavy atom. The molecule has 5 aliphatic rings. The van der Waals surface area contributed by atoms with E-state index in [1.165, 1.54) is 13.2 Å². The van der Waals surface area contributed by atoms with E-state index in [-0.39, 0.29) is 28.0 Å². The van der Waals surface area contributed by atoms with Gasteiger partial charge in [-0.15, -0.1) is 0 Å². The van der Waals surface area contributed by atoms with Gasteiger partial charge in [0.15, 0.2) is 5.43 Å². The summed E-state index contributed by atoms with van der Waals surface area (Å²) in [5, 5.41) is 12.3. The molecule has 8 heteroatoms. The molecule has 1 aromatic carbocycles. The third-order valence-corrected chi connectivity index (χ3v) is 9.68. The van der Waals surface area contributed by atoms with Gasteiger partial charge in [-0.25, -0.2) is 4.79 Å². The van der Waals surface area contributed by atoms with Crippen LogP contribution < -0.4 is 15.2 Å². The number of rotatable bonds is 4. The van der Waals surface area contributed by atoms with Crippen molar-refractivity contribution in [2.24, 2.45) is 17.3 Å². The van der Waals surface area contributed by atoms with Crippen LogP contribution in [0.4, 0.5) is 0 Å². The molecule has 7 rings (SSSR count). The molecule has 7 nitrogen and oxygen atoms in total. The number of pyridine rings is 1. The van der Waals surface area contributed by atoms with Gasteiger partial charge in [-0.2, -0.15) is 5.26 Å². The lowest BCUT2D eigenvalue weighted by Crippen LogP contribution is -2.56. The summed E-state index contributed by atoms with van der Waals surface area (Å²) in [7, 11) is 1.29. The maximum absolute atomic E-state index is 12.8. The van der Waals surface area contributed by atoms with Crippen LogP contribution in [0.3, 0.4) is 0 Å². The van der Waals surface area contributed by atoms with Gasteiger partial charge in [0.05, 0.1) is 47.5 Å². The van der Waals surface area contributed by atoms with Crippen molar-refractivity contribution in [1.82, 2.24) is 4.68 Å². The van der Waals surface area contributed by atoms with Crippen LogP contribution in [0.1, 0.15) is 66.9 Å². The summed E-state index contributed by atoms with van der Waals surface area (Å²) in [5.74, 6) is 0.898. The van der Waals surface area contributed by atoms with E-state index in [1.54, 1.807) is 6.20 Å². The second-order valence-electron chi connectivity index (χ2n) is 11.0. The minimum Gasteiger partial charge on any atom is -0.492 e. The van der Waals surface area contributed by atoms with Gasteiger partial charge in [-0.05, 0) is 74.5 Å². The number of halogens is 1. The third-order valence-electron chi connectivity index (χ3n) is 9.38. The second-order valence-corrected chi connectivity index (χ2v) is 11.4. The van der Waals surface area contributed by atoms with Gasteiger partial charge in [-0.1, -0.05) is 11.6 Å². The highest BCUT2D eigenvalue weighted by Crippen LogP contribution is 2.64. The monoisotopic (exact) mass is 491 g/mol. The first-order chi connectivity index (χ1) is 16.9. The minimum atomic E-state index is -0.624. The number of ether oxygens (including phenoxy) is 2. The molecule has 3 unspecified atom stereocenters. The van der Waals surface area contributed by atoms with E-state index in [0.717, 1.165) is 61.8 Å². The molecule has 180 valence electrons. The molecule has 3 aliphatic carbocycles. The Labute approximate surface area is 208 Å². The Hall–Kier alpha value is -2.98. The van der Waals surface area contributed by atoms with Crippen molar-refractivity contribution in [3.63, 3.8) is 0 Å². The molecule has 1 spiro atoms. The number of nitriles is 1. The van der Waals surface area contributed by atoms with E-state index < -0.39 is 5.97 Å². The summed E-state index contributed by atoms with van der Waals surface area (Å²) in [6, 6.07) is 8.11. The number of carbonyl (C=O) groups excluding carboxylic acids is 1. The van der Waals surface area contributed by atoms with Crippen LogP contribution in [0.25, 0.3) is 11.3 Å². The maximum atomic E-state index is 12.8. The molecule has 0 radical (unpaired) electrons. The molecule has 0 N–H and O–H groups in total. The SMILES string of the molecule is COC(=O)c1cn2c(cc1=O)-c1cc(Cl)c(OCC3CC4(C#N)CCC34)cc1[C@H]1CCC3(CC3)N12. The van der Waals surface area contributed by atoms with Crippen molar-refractivity contribution >= 4 is 17.6 Å². The zero-order valence-corrected chi connectivity index (χ0v) is 20.3. The zero-order valence-electron chi connectivity index (χ0n) is 19.6. The van der Waals surface area contributed by atoms with Crippen molar-refractivity contribution in [3.05, 3.63) is 50.8 Å². The number of carbonyl (C=O) groups is 1. The van der Waals surface area contributed by atoms with Crippen LogP contribution >= 0.6 is 11.6 Å². The Bertz CT molecular complexity index is 1390. The van der Waals surface area contributed by atoms with E-state index >= 15 is 0 Å². The first kappa shape index (κ1) is 21.3. The van der Waals surface area contributed by atoms with Gasteiger partial charge >= 0.3 is 5.97 Å². The van der Waals surface area contributed by atoms with Crippen molar-refractivity contribution in [2.45, 2.75) is 56.5 Å². The second kappa shape index (κ2) is 7.04. The van der Waals surface area contributed by atoms with Crippen LogP contribution in [0, 0.1) is 28.6 Å². The smallest absolute Gasteiger partial charge is 0.343 e. The lowest BCUT2D eigenvalue weighted by atomic mass is 9.43. The third kappa shape index (κ3) is 2.78. The van der Waals surface area contributed by atoms with E-state index in [9.17, 15) is 14.9 Å². The Morgan fingerprint density at radius 1 is 1.23 bits per heavy atom. The topological polar surface area (TPSA) is 84.6 Å². The van der Waals surface area contributed by atoms with Crippen LogP contribution in [0.15, 0.2) is 29.2 Å². The quantitative estimate of drug-likeness (QED) is 0.581. The number of nitrogens with zero attached hydrogens (tertiary/aromatic N) is 3. The molecule has 1 saturated heterocycles. The highest BCUT2D eigenvalue weighted by atomic mass is 35.5. The van der Waals surface area contributed by atoms with Crippen LogP contribution in [-0.4, -0.2) is 29.9 Å². The van der Waals surface area contributed by atoms with Crippen molar-refractivity contribution in [1.29, 1.82) is 5.26 Å². The van der Waals surface area contributed by atoms with Gasteiger partial charge in [0, 0.05) is 17.8 Å². The highest BCUT2D eigenvalue weighted by Gasteiger charge is 2.60. The molecule has 3 heterocycles. The summed E-state index contributed by atoms with van der Waals surface area (Å²) in [5.41, 5.74) is 2.40. The van der Waals surface area contributed by atoms with E-state index in [0.29, 0.717) is 29.2 Å². The van der Waals surface area contributed by atoms with Crippen molar-refractivity contribution in [3.8, 4) is 23.1 Å². The summed E-state index contributed by atoms with van der Waals surface area (Å²) in [6.45, 7) is 0.573. The van der Waals surface area contributed by atoms with Crippen molar-refractivity contribution in [2.75, 3.05) is 18.7 Å². The molecule has 1 aromatic heterocycles. The summed E-state index contributed by atoms with van der Waals surface area (Å²) in [4.78, 5) is 25.1. The maximum Gasteiger partial charge on any atom is 0.343 e. The number of benzene rings is 1. The average Bonchev–Trinajstić information content (AvgIpc) is 3.53. The molecule has 0 amide bonds. The molecular formula is C27H26ClN3O4. The van der Waals surface area contributed by atoms with E-state index in [1.807, 2.05) is 10.7 Å². The molecule has 4 fully saturated rings. The molecule has 3 saturated carbocycles. The predicted molar refractivity (Wildman–Crippen MR) is 129 cm³/mol. The summed E-state index contributed by atoms with van der Waals surface area (Å²) >= 11 is 6.71. The first-order valence-corrected chi connectivity index (χ1v) is 12.8. The lowest BCUT2D eigenvalue weighted by Gasteiger charge is -2.59. The Balaban J connectivity index is 1.27. The van der Waals surface area contributed by atoms with Gasteiger partial charge in [0.1, 0.15) is 11.3 Å². The van der Waals surface area contributed by atoms with E-state index in [2.05, 4.69) is 17.1 Å². The van der Waals surface area contributed by atoms with E-state index in [4.69, 9.17) is 21.1 Å². The zero-order chi connectivity index (χ0) is 24.1. The summed E-state index contributed by atoms with van der Waals surface area (Å²) in [6.07, 6.45) is 8.92. The Morgan fingerprint density at radius 2 is 2.06 bits per heavy atom. The number of hydrogen-bond donors (Lipinski definition) is 0. The van der Waals surface area contributed by atoms with Gasteiger partial charge in [0.25, 0.3) is 0 Å². The first-order valence-electron chi connectivity index (χ1n) is 12.4. The molecule has 2 aliphatic heterocycles.